The molecule has 0 aromatic carbocycles. The first-order valence-corrected chi connectivity index (χ1v) is 4.10. The second kappa shape index (κ2) is 6.47. The Hall–Kier alpha value is -1.98. The summed E-state index contributed by atoms with van der Waals surface area (Å²) < 4.78 is 0. The number of Topliss-reactive ketones (excluding diaryl/α,β-unsaturated/α-hetero) is 1. The van der Waals surface area contributed by atoms with Crippen molar-refractivity contribution in [3.8, 4) is 0 Å². The third-order valence-electron chi connectivity index (χ3n) is 1.44. The molecule has 0 amide bonds. The van der Waals surface area contributed by atoms with Crippen molar-refractivity contribution in [2.24, 2.45) is 0 Å². The molecule has 0 radical (unpaired) electrons. The molecule has 0 saturated heterocycles. The van der Waals surface area contributed by atoms with Gasteiger partial charge in [0.2, 0.25) is 0 Å². The van der Waals surface area contributed by atoms with Crippen LogP contribution in [0.3, 0.4) is 0 Å². The highest BCUT2D eigenvalue weighted by molar-refractivity contribution is 6.37. The van der Waals surface area contributed by atoms with E-state index >= 15 is 0 Å². The number of carbonyl (C=O) groups excluding carboxylic acids is 2. The van der Waals surface area contributed by atoms with Gasteiger partial charge in [0.1, 0.15) is 5.78 Å². The van der Waals surface area contributed by atoms with Crippen LogP contribution in [0.25, 0.3) is 0 Å². The van der Waals surface area contributed by atoms with Gasteiger partial charge in [0.05, 0.1) is 6.42 Å². The number of rotatable bonds is 7. The summed E-state index contributed by atoms with van der Waals surface area (Å²) in [6, 6.07) is 0. The van der Waals surface area contributed by atoms with E-state index in [1.807, 2.05) is 0 Å². The van der Waals surface area contributed by atoms with Crippen LogP contribution in [0.15, 0.2) is 12.2 Å². The molecule has 0 aliphatic carbocycles. The maximum atomic E-state index is 10.9. The molecule has 0 heterocycles. The van der Waals surface area contributed by atoms with Gasteiger partial charge in [0.15, 0.2) is 0 Å². The number of hydrogen-bond acceptors (Lipinski definition) is 4. The first-order chi connectivity index (χ1) is 6.93. The van der Waals surface area contributed by atoms with Crippen molar-refractivity contribution in [2.45, 2.75) is 19.3 Å². The summed E-state index contributed by atoms with van der Waals surface area (Å²) in [7, 11) is 0. The van der Waals surface area contributed by atoms with Crippen molar-refractivity contribution in [3.05, 3.63) is 12.2 Å². The number of ketones is 2. The predicted octanol–water partition coefficient (Wildman–Crippen LogP) is 0.0203. The van der Waals surface area contributed by atoms with Crippen molar-refractivity contribution >= 4 is 23.5 Å². The summed E-state index contributed by atoms with van der Waals surface area (Å²) >= 11 is 0. The molecule has 0 fully saturated rings. The number of carboxylic acid groups (broad SMARTS) is 2. The zero-order chi connectivity index (χ0) is 11.8. The van der Waals surface area contributed by atoms with Crippen LogP contribution >= 0.6 is 0 Å². The normalized spacial score (nSPS) is 10.1. The second-order valence-electron chi connectivity index (χ2n) is 2.71. The van der Waals surface area contributed by atoms with E-state index in [1.54, 1.807) is 0 Å². The SMILES string of the molecule is O=C(O)CCC(=O)C/C=C/C(=O)C(=O)O. The van der Waals surface area contributed by atoms with E-state index in [-0.39, 0.29) is 25.0 Å². The molecule has 0 atom stereocenters. The van der Waals surface area contributed by atoms with Gasteiger partial charge in [-0.2, -0.15) is 0 Å². The third-order valence-corrected chi connectivity index (χ3v) is 1.44. The van der Waals surface area contributed by atoms with E-state index in [1.165, 1.54) is 0 Å². The van der Waals surface area contributed by atoms with Crippen LogP contribution in [0, 0.1) is 0 Å². The molecule has 6 nitrogen and oxygen atoms in total. The average Bonchev–Trinajstić information content (AvgIpc) is 2.14. The molecule has 0 aromatic heterocycles. The van der Waals surface area contributed by atoms with Gasteiger partial charge < -0.3 is 10.2 Å². The maximum absolute atomic E-state index is 10.9. The summed E-state index contributed by atoms with van der Waals surface area (Å²) in [6.07, 6.45) is 1.37. The molecule has 0 bridgehead atoms. The lowest BCUT2D eigenvalue weighted by molar-refractivity contribution is -0.146. The van der Waals surface area contributed by atoms with Gasteiger partial charge in [-0.1, -0.05) is 6.08 Å². The third kappa shape index (κ3) is 7.12. The minimum Gasteiger partial charge on any atom is -0.481 e. The van der Waals surface area contributed by atoms with Crippen molar-refractivity contribution < 1.29 is 29.4 Å². The topological polar surface area (TPSA) is 109 Å². The van der Waals surface area contributed by atoms with Crippen LogP contribution in [-0.2, 0) is 19.2 Å². The van der Waals surface area contributed by atoms with Gasteiger partial charge in [-0.15, -0.1) is 0 Å². The van der Waals surface area contributed by atoms with Crippen LogP contribution in [0.4, 0.5) is 0 Å². The molecular formula is C9H10O6. The van der Waals surface area contributed by atoms with Crippen LogP contribution in [0.5, 0.6) is 0 Å². The Bertz CT molecular complexity index is 315. The minimum atomic E-state index is -1.59. The van der Waals surface area contributed by atoms with Crippen molar-refractivity contribution in [1.29, 1.82) is 0 Å². The van der Waals surface area contributed by atoms with E-state index in [9.17, 15) is 19.2 Å². The van der Waals surface area contributed by atoms with Crippen molar-refractivity contribution in [1.82, 2.24) is 0 Å². The molecule has 0 aliphatic rings. The quantitative estimate of drug-likeness (QED) is 0.456. The molecule has 0 aromatic rings. The van der Waals surface area contributed by atoms with Crippen LogP contribution in [0.2, 0.25) is 0 Å². The molecule has 0 spiro atoms. The second-order valence-corrected chi connectivity index (χ2v) is 2.71. The Morgan fingerprint density at radius 1 is 1.00 bits per heavy atom. The van der Waals surface area contributed by atoms with E-state index in [4.69, 9.17) is 10.2 Å². The zero-order valence-electron chi connectivity index (χ0n) is 7.80. The van der Waals surface area contributed by atoms with Crippen molar-refractivity contribution in [2.75, 3.05) is 0 Å². The average molecular weight is 214 g/mol. The van der Waals surface area contributed by atoms with E-state index in [0.29, 0.717) is 0 Å². The Labute approximate surface area is 85.2 Å². The Morgan fingerprint density at radius 2 is 1.60 bits per heavy atom. The monoisotopic (exact) mass is 214 g/mol. The van der Waals surface area contributed by atoms with E-state index < -0.39 is 17.7 Å². The highest BCUT2D eigenvalue weighted by atomic mass is 16.4. The smallest absolute Gasteiger partial charge is 0.376 e. The molecule has 0 unspecified atom stereocenters. The van der Waals surface area contributed by atoms with Gasteiger partial charge >= 0.3 is 11.9 Å². The van der Waals surface area contributed by atoms with E-state index in [2.05, 4.69) is 0 Å². The largest absolute Gasteiger partial charge is 0.481 e. The van der Waals surface area contributed by atoms with Crippen LogP contribution < -0.4 is 0 Å². The van der Waals surface area contributed by atoms with Gasteiger partial charge in [-0.05, 0) is 6.08 Å². The van der Waals surface area contributed by atoms with E-state index in [0.717, 1.165) is 12.2 Å². The van der Waals surface area contributed by atoms with Gasteiger partial charge in [-0.25, -0.2) is 4.79 Å². The molecule has 0 saturated carbocycles. The number of carbonyl (C=O) groups is 4. The standard InChI is InChI=1S/C9H10O6/c10-6(4-5-8(12)13)2-1-3-7(11)9(14)15/h1,3H,2,4-5H2,(H,12,13)(H,14,15)/b3-1+. The maximum Gasteiger partial charge on any atom is 0.376 e. The fraction of sp³-hybridized carbons (Fsp3) is 0.333. The van der Waals surface area contributed by atoms with Crippen LogP contribution in [-0.4, -0.2) is 33.7 Å². The fourth-order valence-electron chi connectivity index (χ4n) is 0.717. The molecule has 15 heavy (non-hydrogen) atoms. The summed E-state index contributed by atoms with van der Waals surface area (Å²) in [6.45, 7) is 0. The summed E-state index contributed by atoms with van der Waals surface area (Å²) in [4.78, 5) is 41.5. The lowest BCUT2D eigenvalue weighted by Gasteiger charge is -1.92. The highest BCUT2D eigenvalue weighted by Crippen LogP contribution is 1.96. The van der Waals surface area contributed by atoms with Gasteiger partial charge in [0.25, 0.3) is 5.78 Å². The summed E-state index contributed by atoms with van der Waals surface area (Å²) in [5, 5.41) is 16.4. The molecule has 0 aliphatic heterocycles. The number of aliphatic carboxylic acids is 2. The minimum absolute atomic E-state index is 0.124. The molecular weight excluding hydrogens is 204 g/mol. The molecule has 82 valence electrons. The number of hydrogen-bond donors (Lipinski definition) is 2. The van der Waals surface area contributed by atoms with Crippen LogP contribution in [0.1, 0.15) is 19.3 Å². The molecule has 2 N–H and O–H groups in total. The zero-order valence-corrected chi connectivity index (χ0v) is 7.80. The Kier molecular flexibility index (Phi) is 5.62. The summed E-state index contributed by atoms with van der Waals surface area (Å²) in [5.41, 5.74) is 0. The van der Waals surface area contributed by atoms with Gasteiger partial charge in [0, 0.05) is 12.8 Å². The Balaban J connectivity index is 3.85. The molecule has 0 rings (SSSR count). The Morgan fingerprint density at radius 3 is 2.07 bits per heavy atom. The fourth-order valence-corrected chi connectivity index (χ4v) is 0.717. The lowest BCUT2D eigenvalue weighted by atomic mass is 10.1. The predicted molar refractivity (Wildman–Crippen MR) is 48.3 cm³/mol. The highest BCUT2D eigenvalue weighted by Gasteiger charge is 2.07. The van der Waals surface area contributed by atoms with Gasteiger partial charge in [-0.3, -0.25) is 14.4 Å². The first kappa shape index (κ1) is 13.0. The number of carboxylic acids is 2. The number of allylic oxidation sites excluding steroid dienone is 1. The lowest BCUT2D eigenvalue weighted by Crippen LogP contribution is -2.08. The summed E-state index contributed by atoms with van der Waals surface area (Å²) in [5.74, 6) is -4.13. The molecule has 6 heteroatoms. The van der Waals surface area contributed by atoms with Crippen molar-refractivity contribution in [3.63, 3.8) is 0 Å². The first-order valence-electron chi connectivity index (χ1n) is 4.10.